The first-order chi connectivity index (χ1) is 14.2. The number of piperidine rings is 1. The second-order valence-electron chi connectivity index (χ2n) is 7.38. The summed E-state index contributed by atoms with van der Waals surface area (Å²) in [5.74, 6) is 2.27. The third kappa shape index (κ3) is 4.87. The summed E-state index contributed by atoms with van der Waals surface area (Å²) in [5, 5.41) is 2.90. The van der Waals surface area contributed by atoms with Crippen molar-refractivity contribution in [3.05, 3.63) is 41.2 Å². The lowest BCUT2D eigenvalue weighted by molar-refractivity contribution is 0.105. The third-order valence-corrected chi connectivity index (χ3v) is 5.40. The van der Waals surface area contributed by atoms with Gasteiger partial charge in [-0.25, -0.2) is 9.78 Å². The maximum absolute atomic E-state index is 12.4. The van der Waals surface area contributed by atoms with Gasteiger partial charge >= 0.3 is 6.03 Å². The van der Waals surface area contributed by atoms with Gasteiger partial charge in [-0.15, -0.1) is 0 Å². The van der Waals surface area contributed by atoms with E-state index in [1.54, 1.807) is 6.26 Å². The van der Waals surface area contributed by atoms with Gasteiger partial charge in [0, 0.05) is 50.8 Å². The van der Waals surface area contributed by atoms with Gasteiger partial charge in [-0.3, -0.25) is 0 Å². The number of fused-ring (bicyclic) bond motifs is 1. The molecule has 8 nitrogen and oxygen atoms in total. The molecule has 0 bridgehead atoms. The van der Waals surface area contributed by atoms with Crippen LogP contribution < -0.4 is 10.1 Å². The topological polar surface area (TPSA) is 89.7 Å². The van der Waals surface area contributed by atoms with Crippen LogP contribution in [0.25, 0.3) is 0 Å². The number of aromatic nitrogens is 2. The van der Waals surface area contributed by atoms with E-state index in [-0.39, 0.29) is 12.1 Å². The Morgan fingerprint density at radius 2 is 2.10 bits per heavy atom. The van der Waals surface area contributed by atoms with E-state index in [0.717, 1.165) is 54.9 Å². The number of rotatable bonds is 5. The molecule has 0 saturated carbocycles. The Labute approximate surface area is 170 Å². The molecule has 0 spiro atoms. The number of likely N-dealkylation sites (tertiary alicyclic amines) is 1. The first-order valence-corrected chi connectivity index (χ1v) is 10.4. The Balaban J connectivity index is 1.34. The highest BCUT2D eigenvalue weighted by atomic mass is 16.5. The van der Waals surface area contributed by atoms with Gasteiger partial charge in [0.15, 0.2) is 0 Å². The van der Waals surface area contributed by atoms with Crippen molar-refractivity contribution in [3.63, 3.8) is 0 Å². The quantitative estimate of drug-likeness (QED) is 0.829. The highest BCUT2D eigenvalue weighted by Crippen LogP contribution is 2.26. The van der Waals surface area contributed by atoms with Gasteiger partial charge in [-0.1, -0.05) is 6.92 Å². The van der Waals surface area contributed by atoms with E-state index < -0.39 is 0 Å². The minimum atomic E-state index is -0.0684. The molecule has 1 saturated heterocycles. The summed E-state index contributed by atoms with van der Waals surface area (Å²) in [6, 6.07) is 3.59. The molecule has 2 aliphatic heterocycles. The Morgan fingerprint density at radius 3 is 2.86 bits per heavy atom. The number of furan rings is 1. The molecule has 0 aromatic carbocycles. The van der Waals surface area contributed by atoms with Crippen LogP contribution in [0.3, 0.4) is 0 Å². The van der Waals surface area contributed by atoms with E-state index in [1.807, 2.05) is 17.0 Å². The molecule has 2 aliphatic rings. The monoisotopic (exact) mass is 400 g/mol. The number of ether oxygens (including phenoxy) is 2. The normalized spacial score (nSPS) is 17.5. The van der Waals surface area contributed by atoms with Crippen molar-refractivity contribution in [1.82, 2.24) is 20.2 Å². The maximum atomic E-state index is 12.4. The largest absolute Gasteiger partial charge is 0.474 e. The van der Waals surface area contributed by atoms with Crippen molar-refractivity contribution in [1.29, 1.82) is 0 Å². The summed E-state index contributed by atoms with van der Waals surface area (Å²) in [5.41, 5.74) is 2.14. The zero-order chi connectivity index (χ0) is 20.1. The Bertz CT molecular complexity index is 816. The first-order valence-electron chi connectivity index (χ1n) is 10.4. The number of aryl methyl sites for hydroxylation is 1. The number of urea groups is 1. The van der Waals surface area contributed by atoms with E-state index in [4.69, 9.17) is 13.9 Å². The first kappa shape index (κ1) is 19.7. The van der Waals surface area contributed by atoms with Crippen LogP contribution in [0, 0.1) is 0 Å². The van der Waals surface area contributed by atoms with Crippen molar-refractivity contribution in [3.8, 4) is 5.88 Å². The van der Waals surface area contributed by atoms with Crippen LogP contribution in [0.5, 0.6) is 5.88 Å². The van der Waals surface area contributed by atoms with Gasteiger partial charge in [-0.2, -0.15) is 4.98 Å². The minimum absolute atomic E-state index is 0.0528. The van der Waals surface area contributed by atoms with E-state index in [1.165, 1.54) is 0 Å². The predicted molar refractivity (Wildman–Crippen MR) is 106 cm³/mol. The Kier molecular flexibility index (Phi) is 6.29. The highest BCUT2D eigenvalue weighted by Gasteiger charge is 2.26. The average molecular weight is 400 g/mol. The summed E-state index contributed by atoms with van der Waals surface area (Å²) < 4.78 is 17.2. The van der Waals surface area contributed by atoms with Crippen molar-refractivity contribution in [2.45, 2.75) is 51.7 Å². The molecule has 8 heteroatoms. The number of hydrogen-bond donors (Lipinski definition) is 1. The molecule has 1 N–H and O–H groups in total. The fourth-order valence-corrected chi connectivity index (χ4v) is 3.74. The number of carbonyl (C=O) groups is 1. The van der Waals surface area contributed by atoms with Gasteiger partial charge in [0.25, 0.3) is 0 Å². The molecule has 0 aliphatic carbocycles. The fourth-order valence-electron chi connectivity index (χ4n) is 3.74. The molecule has 0 unspecified atom stereocenters. The SMILES string of the molecule is CCc1nc2c(c(OC3CCN(C(=O)NCc4ccco4)CC3)n1)CCOCC2. The second kappa shape index (κ2) is 9.26. The number of amides is 2. The van der Waals surface area contributed by atoms with Crippen LogP contribution in [0.15, 0.2) is 22.8 Å². The number of nitrogens with zero attached hydrogens (tertiary/aromatic N) is 3. The minimum Gasteiger partial charge on any atom is -0.474 e. The van der Waals surface area contributed by atoms with Crippen LogP contribution in [0.2, 0.25) is 0 Å². The van der Waals surface area contributed by atoms with Gasteiger partial charge in [0.2, 0.25) is 5.88 Å². The lowest BCUT2D eigenvalue weighted by Gasteiger charge is -2.32. The standard InChI is InChI=1S/C21H28N4O4/c1-2-19-23-18-8-13-27-12-7-17(18)20(24-19)29-15-5-9-25(10-6-15)21(26)22-14-16-4-3-11-28-16/h3-4,11,15H,2,5-10,12-14H2,1H3,(H,22,26). The molecule has 0 atom stereocenters. The Morgan fingerprint density at radius 1 is 1.28 bits per heavy atom. The summed E-state index contributed by atoms with van der Waals surface area (Å²) in [7, 11) is 0. The smallest absolute Gasteiger partial charge is 0.317 e. The predicted octanol–water partition coefficient (Wildman–Crippen LogP) is 2.50. The van der Waals surface area contributed by atoms with Crippen LogP contribution in [0.1, 0.15) is 42.6 Å². The van der Waals surface area contributed by atoms with E-state index in [2.05, 4.69) is 22.2 Å². The third-order valence-electron chi connectivity index (χ3n) is 5.40. The second-order valence-corrected chi connectivity index (χ2v) is 7.38. The highest BCUT2D eigenvalue weighted by molar-refractivity contribution is 5.74. The van der Waals surface area contributed by atoms with E-state index >= 15 is 0 Å². The summed E-state index contributed by atoms with van der Waals surface area (Å²) in [6.45, 7) is 5.14. The van der Waals surface area contributed by atoms with E-state index in [9.17, 15) is 4.79 Å². The molecule has 4 heterocycles. The van der Waals surface area contributed by atoms with E-state index in [0.29, 0.717) is 38.7 Å². The number of nitrogens with one attached hydrogen (secondary N) is 1. The lowest BCUT2D eigenvalue weighted by Crippen LogP contribution is -2.46. The molecule has 4 rings (SSSR count). The molecule has 2 amide bonds. The average Bonchev–Trinajstić information content (AvgIpc) is 3.16. The van der Waals surface area contributed by atoms with Crippen molar-refractivity contribution >= 4 is 6.03 Å². The Hall–Kier alpha value is -2.61. The number of carbonyl (C=O) groups excluding carboxylic acids is 1. The maximum Gasteiger partial charge on any atom is 0.317 e. The van der Waals surface area contributed by atoms with Crippen molar-refractivity contribution in [2.75, 3.05) is 26.3 Å². The van der Waals surface area contributed by atoms with Crippen LogP contribution in [0.4, 0.5) is 4.79 Å². The van der Waals surface area contributed by atoms with Crippen LogP contribution in [-0.4, -0.2) is 53.3 Å². The van der Waals surface area contributed by atoms with Crippen LogP contribution >= 0.6 is 0 Å². The molecule has 156 valence electrons. The lowest BCUT2D eigenvalue weighted by atomic mass is 10.1. The molecule has 2 aromatic heterocycles. The summed E-state index contributed by atoms with van der Waals surface area (Å²) in [6.07, 6.45) is 5.58. The van der Waals surface area contributed by atoms with Crippen molar-refractivity contribution in [2.24, 2.45) is 0 Å². The molecule has 2 aromatic rings. The van der Waals surface area contributed by atoms with Crippen molar-refractivity contribution < 1.29 is 18.7 Å². The van der Waals surface area contributed by atoms with Gasteiger partial charge in [0.1, 0.15) is 17.7 Å². The zero-order valence-electron chi connectivity index (χ0n) is 16.9. The molecule has 0 radical (unpaired) electrons. The summed E-state index contributed by atoms with van der Waals surface area (Å²) in [4.78, 5) is 23.5. The molecule has 29 heavy (non-hydrogen) atoms. The molecular weight excluding hydrogens is 372 g/mol. The number of hydrogen-bond acceptors (Lipinski definition) is 6. The molecule has 1 fully saturated rings. The molecular formula is C21H28N4O4. The zero-order valence-corrected chi connectivity index (χ0v) is 16.9. The van der Waals surface area contributed by atoms with Gasteiger partial charge < -0.3 is 24.1 Å². The summed E-state index contributed by atoms with van der Waals surface area (Å²) >= 11 is 0. The van der Waals surface area contributed by atoms with Crippen LogP contribution in [-0.2, 0) is 30.5 Å². The van der Waals surface area contributed by atoms with Gasteiger partial charge in [-0.05, 0) is 12.1 Å². The fraction of sp³-hybridized carbons (Fsp3) is 0.571. The van der Waals surface area contributed by atoms with Gasteiger partial charge in [0.05, 0.1) is 31.7 Å².